The number of benzene rings is 5. The van der Waals surface area contributed by atoms with Crippen LogP contribution in [0.1, 0.15) is 11.1 Å². The molecular formula is C37H35BrCuN7PS2. The van der Waals surface area contributed by atoms with Crippen molar-refractivity contribution >= 4 is 75.9 Å². The number of amidine groups is 2. The maximum atomic E-state index is 5.83. The molecule has 5 rings (SSSR count). The molecule has 0 saturated heterocycles. The molecule has 0 aliphatic rings. The molecule has 0 bridgehead atoms. The van der Waals surface area contributed by atoms with E-state index >= 15 is 0 Å². The van der Waals surface area contributed by atoms with E-state index in [1.54, 1.807) is 7.05 Å². The van der Waals surface area contributed by atoms with E-state index in [4.69, 9.17) is 30.4 Å². The van der Waals surface area contributed by atoms with E-state index in [1.807, 2.05) is 79.8 Å². The summed E-state index contributed by atoms with van der Waals surface area (Å²) < 4.78 is 0. The molecular weight excluding hydrogens is 781 g/mol. The van der Waals surface area contributed by atoms with E-state index in [1.165, 1.54) is 15.9 Å². The van der Waals surface area contributed by atoms with Crippen LogP contribution in [0.5, 0.6) is 0 Å². The predicted octanol–water partition coefficient (Wildman–Crippen LogP) is 2.40. The Labute approximate surface area is 321 Å². The molecule has 0 heterocycles. The molecule has 0 unspecified atom stereocenters. The van der Waals surface area contributed by atoms with Crippen molar-refractivity contribution in [2.75, 3.05) is 25.7 Å². The number of nitrogens with one attached hydrogen (secondary N) is 3. The first-order chi connectivity index (χ1) is 23.0. The van der Waals surface area contributed by atoms with E-state index in [0.717, 1.165) is 16.8 Å². The van der Waals surface area contributed by atoms with Gasteiger partial charge in [0.2, 0.25) is 0 Å². The number of rotatable bonds is 11. The average molecular weight is 816 g/mol. The first kappa shape index (κ1) is 39.5. The summed E-state index contributed by atoms with van der Waals surface area (Å²) in [5.41, 5.74) is 3.57. The maximum absolute atomic E-state index is 5.83. The summed E-state index contributed by atoms with van der Waals surface area (Å²) in [7, 11) is 1.39. The molecule has 0 aliphatic heterocycles. The monoisotopic (exact) mass is 814 g/mol. The molecule has 7 nitrogen and oxygen atoms in total. The number of hydrogen-bond donors (Lipinski definition) is 3. The number of hydrogen-bond acceptors (Lipinski definition) is 7. The van der Waals surface area contributed by atoms with Crippen molar-refractivity contribution in [1.82, 2.24) is 10.6 Å². The van der Waals surface area contributed by atoms with Gasteiger partial charge in [0.25, 0.3) is 0 Å². The second kappa shape index (κ2) is 19.9. The van der Waals surface area contributed by atoms with Crippen LogP contribution in [0.3, 0.4) is 0 Å². The van der Waals surface area contributed by atoms with Gasteiger partial charge in [-0.3, -0.25) is 0 Å². The van der Waals surface area contributed by atoms with Crippen molar-refractivity contribution in [2.24, 2.45) is 20.4 Å². The van der Waals surface area contributed by atoms with Crippen LogP contribution in [0.2, 0.25) is 0 Å². The molecule has 0 amide bonds. The van der Waals surface area contributed by atoms with Crippen LogP contribution in [0, 0.1) is 0 Å². The quantitative estimate of drug-likeness (QED) is 0.0477. The van der Waals surface area contributed by atoms with Crippen LogP contribution in [-0.4, -0.2) is 42.1 Å². The molecule has 5 aromatic rings. The molecule has 5 aromatic carbocycles. The zero-order valence-corrected chi connectivity index (χ0v) is 31.9. The van der Waals surface area contributed by atoms with Crippen molar-refractivity contribution in [2.45, 2.75) is 0 Å². The maximum Gasteiger partial charge on any atom is 2.00 e. The molecule has 0 atom stereocenters. The van der Waals surface area contributed by atoms with E-state index < -0.39 is 7.26 Å². The van der Waals surface area contributed by atoms with Crippen LogP contribution in [-0.2, 0) is 42.3 Å². The summed E-state index contributed by atoms with van der Waals surface area (Å²) in [6, 6.07) is 49.4. The van der Waals surface area contributed by atoms with Gasteiger partial charge in [-0.05, 0) is 53.7 Å². The SMILES string of the molecule is CNC([S-])=NN=C(C(=NN=C([S-])NC[P+](c1ccccc1)(c1ccccc1)c1ccccc1)c1ccccc1)c1ccc(NC)cc1.[Br-].[Cu+2]. The Balaban J connectivity index is 0.00000325. The standard InChI is InChI=1S/C37H36N7PS2.BrH.Cu/c1-38-30-25-23-29(24-26-30)35(41-43-36(46)39-2)34(28-15-7-3-8-16-28)42-44-37(47)40-27-45(31-17-9-4-10-18-31,32-19-11-5-12-20-32)33-21-13-6-14-22-33;;/h3-26H,27H2,1-2H3,(H4-,38,39,40,41,42,43,44,46,47);1H;/q;;+2/p-2. The van der Waals surface area contributed by atoms with Crippen LogP contribution in [0.15, 0.2) is 166 Å². The molecule has 0 aromatic heterocycles. The Morgan fingerprint density at radius 1 is 0.531 bits per heavy atom. The Kier molecular flexibility index (Phi) is 16.0. The zero-order chi connectivity index (χ0) is 32.9. The summed E-state index contributed by atoms with van der Waals surface area (Å²) >= 11 is 11.1. The molecule has 49 heavy (non-hydrogen) atoms. The van der Waals surface area contributed by atoms with E-state index in [9.17, 15) is 0 Å². The largest absolute Gasteiger partial charge is 2.00 e. The van der Waals surface area contributed by atoms with Crippen LogP contribution in [0.25, 0.3) is 0 Å². The van der Waals surface area contributed by atoms with Crippen LogP contribution >= 0.6 is 7.26 Å². The Bertz CT molecular complexity index is 1770. The van der Waals surface area contributed by atoms with Gasteiger partial charge in [-0.2, -0.15) is 10.2 Å². The molecule has 0 spiro atoms. The first-order valence-electron chi connectivity index (χ1n) is 15.0. The van der Waals surface area contributed by atoms with Gasteiger partial charge in [0.1, 0.15) is 40.9 Å². The van der Waals surface area contributed by atoms with Gasteiger partial charge in [0.15, 0.2) is 0 Å². The Morgan fingerprint density at radius 3 is 1.33 bits per heavy atom. The number of nitrogens with zero attached hydrogens (tertiary/aromatic N) is 4. The molecule has 253 valence electrons. The van der Waals surface area contributed by atoms with Gasteiger partial charge < -0.3 is 58.2 Å². The van der Waals surface area contributed by atoms with Crippen LogP contribution < -0.4 is 48.8 Å². The van der Waals surface area contributed by atoms with Crippen molar-refractivity contribution in [3.05, 3.63) is 157 Å². The fraction of sp³-hybridized carbons (Fsp3) is 0.0811. The molecule has 12 heteroatoms. The topological polar surface area (TPSA) is 85.5 Å². The third-order valence-electron chi connectivity index (χ3n) is 7.47. The van der Waals surface area contributed by atoms with Gasteiger partial charge >= 0.3 is 17.1 Å². The third-order valence-corrected chi connectivity index (χ3v) is 12.2. The second-order valence-corrected chi connectivity index (χ2v) is 14.6. The van der Waals surface area contributed by atoms with Crippen molar-refractivity contribution in [1.29, 1.82) is 0 Å². The van der Waals surface area contributed by atoms with Crippen molar-refractivity contribution in [3.8, 4) is 0 Å². The second-order valence-electron chi connectivity index (χ2n) is 10.3. The van der Waals surface area contributed by atoms with E-state index in [2.05, 4.69) is 104 Å². The number of anilines is 1. The summed E-state index contributed by atoms with van der Waals surface area (Å²) in [6.45, 7) is 0. The molecule has 0 aliphatic carbocycles. The normalized spacial score (nSPS) is 12.3. The van der Waals surface area contributed by atoms with E-state index in [0.29, 0.717) is 17.7 Å². The fourth-order valence-electron chi connectivity index (χ4n) is 5.11. The van der Waals surface area contributed by atoms with Crippen LogP contribution in [0.4, 0.5) is 5.69 Å². The van der Waals surface area contributed by atoms with E-state index in [-0.39, 0.29) is 44.4 Å². The fourth-order valence-corrected chi connectivity index (χ4v) is 9.24. The third kappa shape index (κ3) is 10.0. The first-order valence-corrected chi connectivity index (χ1v) is 17.8. The van der Waals surface area contributed by atoms with Gasteiger partial charge in [-0.15, -0.1) is 10.2 Å². The smallest absolute Gasteiger partial charge is 1.00 e. The number of halogens is 1. The summed E-state index contributed by atoms with van der Waals surface area (Å²) in [5, 5.41) is 31.8. The van der Waals surface area contributed by atoms with Gasteiger partial charge in [0.05, 0.1) is 0 Å². The average Bonchev–Trinajstić information content (AvgIpc) is 3.15. The Hall–Kier alpha value is -3.95. The van der Waals surface area contributed by atoms with Crippen molar-refractivity contribution < 1.29 is 34.1 Å². The zero-order valence-electron chi connectivity index (χ0n) is 26.8. The Morgan fingerprint density at radius 2 is 0.918 bits per heavy atom. The predicted molar refractivity (Wildman–Crippen MR) is 207 cm³/mol. The molecule has 1 radical (unpaired) electrons. The molecule has 0 saturated carbocycles. The van der Waals surface area contributed by atoms with Crippen molar-refractivity contribution in [3.63, 3.8) is 0 Å². The van der Waals surface area contributed by atoms with Gasteiger partial charge in [-0.25, -0.2) is 0 Å². The molecule has 3 N–H and O–H groups in total. The van der Waals surface area contributed by atoms with Gasteiger partial charge in [0, 0.05) is 36.1 Å². The minimum atomic E-state index is -2.19. The minimum Gasteiger partial charge on any atom is -1.00 e. The minimum absolute atomic E-state index is 0. The van der Waals surface area contributed by atoms with Gasteiger partial charge in [-0.1, -0.05) is 97.1 Å². The molecule has 0 fully saturated rings. The summed E-state index contributed by atoms with van der Waals surface area (Å²) in [6.07, 6.45) is 0.557. The summed E-state index contributed by atoms with van der Waals surface area (Å²) in [4.78, 5) is 0. The summed E-state index contributed by atoms with van der Waals surface area (Å²) in [5.74, 6) is 0.